The van der Waals surface area contributed by atoms with E-state index in [4.69, 9.17) is 13.0 Å². The van der Waals surface area contributed by atoms with Gasteiger partial charge in [-0.1, -0.05) is 7.43 Å². The van der Waals surface area contributed by atoms with Crippen LogP contribution in [0.1, 0.15) is 7.43 Å². The molecule has 0 saturated heterocycles. The van der Waals surface area contributed by atoms with Crippen LogP contribution in [0.4, 0.5) is 0 Å². The van der Waals surface area contributed by atoms with E-state index in [0.29, 0.717) is 0 Å². The second-order valence-corrected chi connectivity index (χ2v) is 13.8. The maximum atomic E-state index is 8.40. The third-order valence-electron chi connectivity index (χ3n) is 0.612. The highest BCUT2D eigenvalue weighted by atomic mass is 28.4. The molecule has 0 aromatic carbocycles. The van der Waals surface area contributed by atoms with Crippen molar-refractivity contribution in [1.82, 2.24) is 0 Å². The van der Waals surface area contributed by atoms with Crippen LogP contribution >= 0.6 is 0 Å². The molecule has 0 saturated carbocycles. The molecule has 13 heavy (non-hydrogen) atoms. The van der Waals surface area contributed by atoms with E-state index < -0.39 is 25.9 Å². The fourth-order valence-corrected chi connectivity index (χ4v) is 8.27. The second kappa shape index (κ2) is 7.60. The molecular formula is C7H22O3Si3. The van der Waals surface area contributed by atoms with E-state index in [1.807, 2.05) is 0 Å². The maximum Gasteiger partial charge on any atom is 0.549 e. The molecule has 80 valence electrons. The van der Waals surface area contributed by atoms with Crippen molar-refractivity contribution in [3.05, 3.63) is 0 Å². The summed E-state index contributed by atoms with van der Waals surface area (Å²) in [5, 5.41) is 0. The highest BCUT2D eigenvalue weighted by molar-refractivity contribution is 6.83. The molecule has 6 heteroatoms. The molecule has 0 aromatic rings. The van der Waals surface area contributed by atoms with Crippen LogP contribution < -0.4 is 0 Å². The van der Waals surface area contributed by atoms with Crippen LogP contribution in [0.15, 0.2) is 0 Å². The van der Waals surface area contributed by atoms with Gasteiger partial charge >= 0.3 is 9.29 Å². The summed E-state index contributed by atoms with van der Waals surface area (Å²) in [4.78, 5) is 0. The van der Waals surface area contributed by atoms with Crippen molar-refractivity contribution in [1.29, 1.82) is 0 Å². The molecule has 0 aromatic heterocycles. The lowest BCUT2D eigenvalue weighted by atomic mass is 11.8. The molecule has 0 heterocycles. The molecule has 0 N–H and O–H groups in total. The average Bonchev–Trinajstić information content (AvgIpc) is 1.53. The van der Waals surface area contributed by atoms with Gasteiger partial charge in [0.15, 0.2) is 16.6 Å². The van der Waals surface area contributed by atoms with Gasteiger partial charge in [-0.25, -0.2) is 0 Å². The quantitative estimate of drug-likeness (QED) is 0.695. The monoisotopic (exact) mass is 238 g/mol. The lowest BCUT2D eigenvalue weighted by Crippen LogP contribution is -2.39. The molecule has 0 bridgehead atoms. The summed E-state index contributed by atoms with van der Waals surface area (Å²) >= 11 is 0. The Morgan fingerprint density at radius 3 is 1.00 bits per heavy atom. The molecule has 0 rings (SSSR count). The van der Waals surface area contributed by atoms with E-state index in [-0.39, 0.29) is 7.43 Å². The van der Waals surface area contributed by atoms with Gasteiger partial charge in [0.2, 0.25) is 0 Å². The van der Waals surface area contributed by atoms with Gasteiger partial charge in [0.1, 0.15) is 0 Å². The standard InChI is InChI=1S/C6H18OSi2.CH4.O2Si/c1-8(2,3)7-9(4,5)6;;1-3-2/h1-6H3;1H4;. The Balaban J connectivity index is -0.000000220. The first kappa shape index (κ1) is 18.9. The van der Waals surface area contributed by atoms with Crippen LogP contribution in [-0.4, -0.2) is 25.9 Å². The SMILES string of the molecule is C.C[Si](C)(C)O[Si](C)(C)C.O=[Si]=O. The molecule has 0 radical (unpaired) electrons. The normalized spacial score (nSPS) is 10.3. The van der Waals surface area contributed by atoms with Crippen molar-refractivity contribution in [3.63, 3.8) is 0 Å². The molecule has 0 aliphatic rings. The van der Waals surface area contributed by atoms with Crippen LogP contribution in [-0.2, 0) is 13.0 Å². The summed E-state index contributed by atoms with van der Waals surface area (Å²) in [5.41, 5.74) is 0. The largest absolute Gasteiger partial charge is 0.549 e. The van der Waals surface area contributed by atoms with E-state index >= 15 is 0 Å². The minimum Gasteiger partial charge on any atom is -0.456 e. The fourth-order valence-electron chi connectivity index (χ4n) is 0.919. The Hall–Kier alpha value is 0.211. The van der Waals surface area contributed by atoms with E-state index in [2.05, 4.69) is 39.3 Å². The Morgan fingerprint density at radius 1 is 0.846 bits per heavy atom. The van der Waals surface area contributed by atoms with Crippen molar-refractivity contribution in [2.75, 3.05) is 0 Å². The molecule has 0 spiro atoms. The minimum absolute atomic E-state index is 0. The summed E-state index contributed by atoms with van der Waals surface area (Å²) in [6.07, 6.45) is 0. The Bertz CT molecular complexity index is 139. The van der Waals surface area contributed by atoms with Crippen molar-refractivity contribution < 1.29 is 13.0 Å². The summed E-state index contributed by atoms with van der Waals surface area (Å²) in [6.45, 7) is 13.4. The van der Waals surface area contributed by atoms with Gasteiger partial charge in [0, 0.05) is 0 Å². The first-order chi connectivity index (χ1) is 5.12. The molecule has 0 unspecified atom stereocenters. The summed E-state index contributed by atoms with van der Waals surface area (Å²) in [6, 6.07) is 0. The average molecular weight is 239 g/mol. The highest BCUT2D eigenvalue weighted by Gasteiger charge is 2.24. The van der Waals surface area contributed by atoms with Gasteiger partial charge in [-0.2, -0.15) is 0 Å². The predicted molar refractivity (Wildman–Crippen MR) is 61.6 cm³/mol. The van der Waals surface area contributed by atoms with Crippen LogP contribution in [0.2, 0.25) is 39.3 Å². The van der Waals surface area contributed by atoms with Gasteiger partial charge in [-0.3, -0.25) is 8.92 Å². The number of hydrogen-bond acceptors (Lipinski definition) is 3. The topological polar surface area (TPSA) is 43.4 Å². The van der Waals surface area contributed by atoms with Crippen molar-refractivity contribution >= 4 is 25.9 Å². The Morgan fingerprint density at radius 2 is 1.00 bits per heavy atom. The molecule has 0 amide bonds. The summed E-state index contributed by atoms with van der Waals surface area (Å²) < 4.78 is 22.7. The van der Waals surface area contributed by atoms with Gasteiger partial charge in [-0.05, 0) is 39.3 Å². The second-order valence-electron chi connectivity index (χ2n) is 4.41. The number of rotatable bonds is 2. The maximum absolute atomic E-state index is 8.40. The van der Waals surface area contributed by atoms with Crippen molar-refractivity contribution in [2.45, 2.75) is 46.7 Å². The van der Waals surface area contributed by atoms with Crippen molar-refractivity contribution in [3.8, 4) is 0 Å². The Kier molecular flexibility index (Phi) is 11.0. The fraction of sp³-hybridized carbons (Fsp3) is 1.00. The third kappa shape index (κ3) is 33.0. The molecule has 0 fully saturated rings. The zero-order valence-electron chi connectivity index (χ0n) is 8.72. The first-order valence-corrected chi connectivity index (χ1v) is 11.4. The minimum atomic E-state index is -1.42. The summed E-state index contributed by atoms with van der Waals surface area (Å²) in [5.74, 6) is 0. The van der Waals surface area contributed by atoms with E-state index in [1.54, 1.807) is 0 Å². The zero-order chi connectivity index (χ0) is 10.4. The molecular weight excluding hydrogens is 216 g/mol. The van der Waals surface area contributed by atoms with Gasteiger partial charge in [0.25, 0.3) is 0 Å². The van der Waals surface area contributed by atoms with Crippen molar-refractivity contribution in [2.24, 2.45) is 0 Å². The van der Waals surface area contributed by atoms with Crippen LogP contribution in [0.5, 0.6) is 0 Å². The smallest absolute Gasteiger partial charge is 0.456 e. The van der Waals surface area contributed by atoms with E-state index in [0.717, 1.165) is 0 Å². The lowest BCUT2D eigenvalue weighted by Gasteiger charge is -2.27. The molecule has 0 aliphatic carbocycles. The van der Waals surface area contributed by atoms with Crippen LogP contribution in [0, 0.1) is 0 Å². The summed E-state index contributed by atoms with van der Waals surface area (Å²) in [7, 11) is -3.88. The van der Waals surface area contributed by atoms with Gasteiger partial charge < -0.3 is 4.12 Å². The van der Waals surface area contributed by atoms with Gasteiger partial charge in [-0.15, -0.1) is 0 Å². The van der Waals surface area contributed by atoms with Crippen LogP contribution in [0.3, 0.4) is 0 Å². The molecule has 3 nitrogen and oxygen atoms in total. The van der Waals surface area contributed by atoms with Crippen LogP contribution in [0.25, 0.3) is 0 Å². The van der Waals surface area contributed by atoms with Gasteiger partial charge in [0.05, 0.1) is 0 Å². The van der Waals surface area contributed by atoms with E-state index in [9.17, 15) is 0 Å². The predicted octanol–water partition coefficient (Wildman–Crippen LogP) is 2.69. The Labute approximate surface area is 86.1 Å². The first-order valence-electron chi connectivity index (χ1n) is 3.82. The molecule has 0 atom stereocenters. The highest BCUT2D eigenvalue weighted by Crippen LogP contribution is 2.12. The van der Waals surface area contributed by atoms with E-state index in [1.165, 1.54) is 0 Å². The number of hydrogen-bond donors (Lipinski definition) is 0. The lowest BCUT2D eigenvalue weighted by molar-refractivity contribution is 0.497. The molecule has 0 aliphatic heterocycles. The zero-order valence-corrected chi connectivity index (χ0v) is 11.7. The third-order valence-corrected chi connectivity index (χ3v) is 5.51.